The highest BCUT2D eigenvalue weighted by atomic mass is 32.2. The largest absolute Gasteiger partial charge is 0.382 e. The summed E-state index contributed by atoms with van der Waals surface area (Å²) in [5.41, 5.74) is 9.33. The summed E-state index contributed by atoms with van der Waals surface area (Å²) in [7, 11) is -8.07. The molecule has 2 heterocycles. The van der Waals surface area contributed by atoms with Crippen molar-refractivity contribution >= 4 is 42.9 Å². The molecule has 0 spiro atoms. The molecule has 0 atom stereocenters. The minimum atomic E-state index is -4.04. The van der Waals surface area contributed by atoms with Gasteiger partial charge in [-0.05, 0) is 93.5 Å². The van der Waals surface area contributed by atoms with Crippen molar-refractivity contribution in [1.29, 1.82) is 0 Å². The van der Waals surface area contributed by atoms with E-state index in [9.17, 15) is 25.9 Å². The van der Waals surface area contributed by atoms with Crippen molar-refractivity contribution < 1.29 is 35.3 Å². The highest BCUT2D eigenvalue weighted by Gasteiger charge is 2.44. The number of allylic oxidation sites excluding steroid dienone is 6. The Morgan fingerprint density at radius 3 is 2.14 bits per heavy atom. The van der Waals surface area contributed by atoms with E-state index in [4.69, 9.17) is 4.74 Å². The summed E-state index contributed by atoms with van der Waals surface area (Å²) in [6, 6.07) is 25.3. The lowest BCUT2D eigenvalue weighted by Crippen LogP contribution is -2.28. The number of hydrogen-bond donors (Lipinski definition) is 3. The number of anilines is 1. The van der Waals surface area contributed by atoms with E-state index in [1.54, 1.807) is 0 Å². The van der Waals surface area contributed by atoms with Gasteiger partial charge in [0.05, 0.1) is 16.9 Å². The van der Waals surface area contributed by atoms with Crippen LogP contribution >= 0.6 is 0 Å². The number of fused-ring (bicyclic) bond motifs is 2. The first-order chi connectivity index (χ1) is 27.0. The Balaban J connectivity index is 1.53. The summed E-state index contributed by atoms with van der Waals surface area (Å²) >= 11 is 0. The lowest BCUT2D eigenvalue weighted by atomic mass is 9.81. The van der Waals surface area contributed by atoms with Crippen LogP contribution in [0, 0.1) is 0 Å². The Morgan fingerprint density at radius 2 is 1.46 bits per heavy atom. The van der Waals surface area contributed by atoms with Crippen LogP contribution in [0.3, 0.4) is 0 Å². The number of rotatable bonds is 21. The highest BCUT2D eigenvalue weighted by Crippen LogP contribution is 2.48. The zero-order valence-corrected chi connectivity index (χ0v) is 35.7. The molecule has 0 unspecified atom stereocenters. The zero-order valence-electron chi connectivity index (χ0n) is 34.1. The molecule has 0 amide bonds. The minimum Gasteiger partial charge on any atom is -0.382 e. The molecule has 0 saturated carbocycles. The molecule has 3 aromatic rings. The molecule has 0 bridgehead atoms. The van der Waals surface area contributed by atoms with E-state index < -0.39 is 20.2 Å². The Bertz CT molecular complexity index is 2200. The van der Waals surface area contributed by atoms with Crippen LogP contribution in [0.4, 0.5) is 11.4 Å². The number of nitrogens with one attached hydrogen (secondary N) is 1. The normalized spacial score (nSPS) is 17.2. The molecule has 0 fully saturated rings. The van der Waals surface area contributed by atoms with Gasteiger partial charge in [-0.2, -0.15) is 21.4 Å². The maximum atomic E-state index is 11.5. The van der Waals surface area contributed by atoms with Crippen LogP contribution in [0.5, 0.6) is 0 Å². The summed E-state index contributed by atoms with van der Waals surface area (Å²) in [4.78, 5) is 2.28. The molecule has 308 valence electrons. The second-order valence-corrected chi connectivity index (χ2v) is 19.0. The summed E-state index contributed by atoms with van der Waals surface area (Å²) in [6.45, 7) is 15.1. The van der Waals surface area contributed by atoms with Crippen molar-refractivity contribution in [2.75, 3.05) is 49.3 Å². The second kappa shape index (κ2) is 19.2. The third kappa shape index (κ3) is 11.6. The third-order valence-electron chi connectivity index (χ3n) is 11.0. The zero-order chi connectivity index (χ0) is 41.3. The monoisotopic (exact) mass is 818 g/mol. The van der Waals surface area contributed by atoms with E-state index in [1.165, 1.54) is 16.7 Å². The van der Waals surface area contributed by atoms with E-state index in [0.717, 1.165) is 66.6 Å². The first-order valence-electron chi connectivity index (χ1n) is 20.0. The summed E-state index contributed by atoms with van der Waals surface area (Å²) < 4.78 is 72.4. The van der Waals surface area contributed by atoms with Gasteiger partial charge in [-0.25, -0.2) is 0 Å². The number of benzene rings is 3. The van der Waals surface area contributed by atoms with E-state index in [1.807, 2.05) is 31.2 Å². The first kappa shape index (κ1) is 44.2. The molecule has 2 aliphatic rings. The molecule has 3 aromatic carbocycles. The van der Waals surface area contributed by atoms with Gasteiger partial charge in [0.1, 0.15) is 6.54 Å². The van der Waals surface area contributed by atoms with Gasteiger partial charge in [-0.15, -0.1) is 0 Å². The summed E-state index contributed by atoms with van der Waals surface area (Å²) in [6.07, 6.45) is 11.5. The molecule has 2 aliphatic heterocycles. The van der Waals surface area contributed by atoms with E-state index in [0.29, 0.717) is 38.8 Å². The number of unbranched alkanes of at least 4 members (excludes halogenated alkanes) is 2. The van der Waals surface area contributed by atoms with Crippen LogP contribution in [0.2, 0.25) is 0 Å². The average Bonchev–Trinajstić information content (AvgIpc) is 3.51. The van der Waals surface area contributed by atoms with Crippen LogP contribution in [-0.4, -0.2) is 80.6 Å². The standard InChI is InChI=1S/C45H59N3O7S2/c1-6-55-31-15-28-46-34-35-20-22-36(23-21-35)37(24-26-42-44(2,3)38-16-7-9-18-40(38)47(42)29-11-13-32-56(49,50)51)25-27-43-45(4,5)39-17-8-10-19-41(39)48(43)30-12-14-33-57(52,53)54/h7-10,16-27,46H,6,11-15,28-34H2,1-5H3,(H-,49,50,51,52,53,54)/p+1. The molecule has 0 saturated heterocycles. The fourth-order valence-corrected chi connectivity index (χ4v) is 9.09. The van der Waals surface area contributed by atoms with Gasteiger partial charge in [-0.3, -0.25) is 9.11 Å². The first-order valence-corrected chi connectivity index (χ1v) is 23.2. The van der Waals surface area contributed by atoms with Crippen molar-refractivity contribution in [1.82, 2.24) is 5.32 Å². The molecular formula is C45H60N3O7S2+. The van der Waals surface area contributed by atoms with Crippen LogP contribution in [-0.2, 0) is 42.3 Å². The van der Waals surface area contributed by atoms with Crippen molar-refractivity contribution in [3.63, 3.8) is 0 Å². The molecule has 10 nitrogen and oxygen atoms in total. The van der Waals surface area contributed by atoms with E-state index in [2.05, 4.69) is 115 Å². The smallest absolute Gasteiger partial charge is 0.264 e. The van der Waals surface area contributed by atoms with Crippen molar-refractivity contribution in [3.05, 3.63) is 125 Å². The Kier molecular flexibility index (Phi) is 14.9. The number of nitrogens with zero attached hydrogens (tertiary/aromatic N) is 2. The van der Waals surface area contributed by atoms with Crippen molar-refractivity contribution in [2.45, 2.75) is 84.1 Å². The van der Waals surface area contributed by atoms with Crippen LogP contribution in [0.25, 0.3) is 5.57 Å². The van der Waals surface area contributed by atoms with Gasteiger partial charge < -0.3 is 15.0 Å². The Morgan fingerprint density at radius 1 is 0.807 bits per heavy atom. The quantitative estimate of drug-likeness (QED) is 0.0421. The van der Waals surface area contributed by atoms with Crippen molar-refractivity contribution in [2.24, 2.45) is 0 Å². The van der Waals surface area contributed by atoms with Gasteiger partial charge >= 0.3 is 0 Å². The average molecular weight is 819 g/mol. The van der Waals surface area contributed by atoms with Crippen LogP contribution in [0.15, 0.2) is 103 Å². The molecule has 5 rings (SSSR count). The highest BCUT2D eigenvalue weighted by molar-refractivity contribution is 7.86. The van der Waals surface area contributed by atoms with E-state index >= 15 is 0 Å². The van der Waals surface area contributed by atoms with Gasteiger partial charge in [0.25, 0.3) is 20.2 Å². The number of para-hydroxylation sites is 2. The van der Waals surface area contributed by atoms with Gasteiger partial charge in [0.2, 0.25) is 5.69 Å². The minimum absolute atomic E-state index is 0.269. The lowest BCUT2D eigenvalue weighted by molar-refractivity contribution is -0.438. The van der Waals surface area contributed by atoms with Crippen LogP contribution in [0.1, 0.15) is 89.0 Å². The Labute approximate surface area is 340 Å². The maximum absolute atomic E-state index is 11.5. The fourth-order valence-electron chi connectivity index (χ4n) is 7.95. The van der Waals surface area contributed by atoms with Crippen molar-refractivity contribution in [3.8, 4) is 0 Å². The molecular weight excluding hydrogens is 759 g/mol. The SMILES string of the molecule is CCOCCCNCc1ccc(C(=C\C=C2\N(CCCCS(=O)(=O)O)c3ccccc3C2(C)C)/C=C/C2=[N+](CCCCS(=O)(=O)O)c3ccccc3C2(C)C)cc1. The molecule has 3 N–H and O–H groups in total. The molecule has 0 aromatic heterocycles. The molecule has 0 aliphatic carbocycles. The predicted molar refractivity (Wildman–Crippen MR) is 232 cm³/mol. The fraction of sp³-hybridized carbons (Fsp3) is 0.444. The molecule has 0 radical (unpaired) electrons. The predicted octanol–water partition coefficient (Wildman–Crippen LogP) is 8.24. The van der Waals surface area contributed by atoms with Gasteiger partial charge in [-0.1, -0.05) is 80.6 Å². The number of ether oxygens (including phenoxy) is 1. The van der Waals surface area contributed by atoms with E-state index in [-0.39, 0.29) is 22.3 Å². The van der Waals surface area contributed by atoms with Crippen LogP contribution < -0.4 is 10.2 Å². The summed E-state index contributed by atoms with van der Waals surface area (Å²) in [5.74, 6) is -0.537. The summed E-state index contributed by atoms with van der Waals surface area (Å²) in [5, 5.41) is 3.51. The topological polar surface area (TPSA) is 136 Å². The second-order valence-electron chi connectivity index (χ2n) is 15.9. The lowest BCUT2D eigenvalue weighted by Gasteiger charge is -2.27. The molecule has 12 heteroatoms. The molecule has 57 heavy (non-hydrogen) atoms. The maximum Gasteiger partial charge on any atom is 0.264 e. The van der Waals surface area contributed by atoms with Gasteiger partial charge in [0.15, 0.2) is 5.71 Å². The Hall–Kier alpha value is -3.91. The third-order valence-corrected chi connectivity index (χ3v) is 12.6. The van der Waals surface area contributed by atoms with Gasteiger partial charge in [0, 0.05) is 67.2 Å². The number of hydrogen-bond acceptors (Lipinski definition) is 7.